The number of anilines is 1. The van der Waals surface area contributed by atoms with Gasteiger partial charge in [0.15, 0.2) is 11.5 Å². The van der Waals surface area contributed by atoms with Crippen LogP contribution in [0.25, 0.3) is 0 Å². The third-order valence-corrected chi connectivity index (χ3v) is 5.92. The van der Waals surface area contributed by atoms with E-state index in [9.17, 15) is 9.18 Å². The van der Waals surface area contributed by atoms with Crippen LogP contribution < -0.4 is 14.8 Å². The van der Waals surface area contributed by atoms with Crippen molar-refractivity contribution in [3.05, 3.63) is 76.4 Å². The Bertz CT molecular complexity index is 1140. The summed E-state index contributed by atoms with van der Waals surface area (Å²) in [6, 6.07) is 11.9. The van der Waals surface area contributed by atoms with Gasteiger partial charge in [-0.3, -0.25) is 4.79 Å². The molecule has 0 saturated carbocycles. The van der Waals surface area contributed by atoms with E-state index in [4.69, 9.17) is 9.47 Å². The van der Waals surface area contributed by atoms with Gasteiger partial charge in [0.2, 0.25) is 6.79 Å². The molecule has 1 amide bonds. The second kappa shape index (κ2) is 7.52. The monoisotopic (exact) mass is 406 g/mol. The first-order chi connectivity index (χ1) is 14.6. The number of ether oxygens (including phenoxy) is 2. The second-order valence-corrected chi connectivity index (χ2v) is 7.84. The van der Waals surface area contributed by atoms with Crippen LogP contribution in [0, 0.1) is 12.7 Å². The summed E-state index contributed by atoms with van der Waals surface area (Å²) in [7, 11) is 0. The van der Waals surface area contributed by atoms with Crippen LogP contribution in [0.4, 0.5) is 10.1 Å². The molecule has 154 valence electrons. The third-order valence-electron chi connectivity index (χ3n) is 5.92. The van der Waals surface area contributed by atoms with Gasteiger partial charge in [0, 0.05) is 24.0 Å². The lowest BCUT2D eigenvalue weighted by atomic mass is 9.95. The van der Waals surface area contributed by atoms with Gasteiger partial charge in [-0.05, 0) is 73.6 Å². The molecule has 0 fully saturated rings. The molecule has 30 heavy (non-hydrogen) atoms. The number of amides is 1. The van der Waals surface area contributed by atoms with Crippen molar-refractivity contribution in [2.45, 2.75) is 39.2 Å². The van der Waals surface area contributed by atoms with Crippen molar-refractivity contribution in [3.63, 3.8) is 0 Å². The SMILES string of the molecule is Cc1c2c(n(Cc3cccc(F)c3)c1C(=O)Nc1ccc3c(c1)OCO3)CCCC2. The zero-order chi connectivity index (χ0) is 20.7. The summed E-state index contributed by atoms with van der Waals surface area (Å²) in [6.45, 7) is 2.67. The zero-order valence-electron chi connectivity index (χ0n) is 16.8. The highest BCUT2D eigenvalue weighted by Gasteiger charge is 2.26. The Labute approximate surface area is 174 Å². The van der Waals surface area contributed by atoms with E-state index >= 15 is 0 Å². The molecule has 2 aliphatic rings. The summed E-state index contributed by atoms with van der Waals surface area (Å²) in [5, 5.41) is 3.01. The summed E-state index contributed by atoms with van der Waals surface area (Å²) in [5.41, 5.74) is 5.60. The molecule has 0 radical (unpaired) electrons. The average molecular weight is 406 g/mol. The van der Waals surface area contributed by atoms with E-state index in [1.165, 1.54) is 23.4 Å². The van der Waals surface area contributed by atoms with Gasteiger partial charge < -0.3 is 19.4 Å². The molecular weight excluding hydrogens is 383 g/mol. The number of carbonyl (C=O) groups excluding carboxylic acids is 1. The van der Waals surface area contributed by atoms with Crippen LogP contribution in [-0.2, 0) is 19.4 Å². The summed E-state index contributed by atoms with van der Waals surface area (Å²) in [5.74, 6) is 0.863. The van der Waals surface area contributed by atoms with E-state index < -0.39 is 0 Å². The van der Waals surface area contributed by atoms with Gasteiger partial charge in [-0.15, -0.1) is 0 Å². The van der Waals surface area contributed by atoms with Gasteiger partial charge in [0.1, 0.15) is 11.5 Å². The largest absolute Gasteiger partial charge is 0.454 e. The second-order valence-electron chi connectivity index (χ2n) is 7.84. The lowest BCUT2D eigenvalue weighted by Crippen LogP contribution is -2.20. The number of fused-ring (bicyclic) bond motifs is 2. The number of carbonyl (C=O) groups is 1. The minimum atomic E-state index is -0.267. The smallest absolute Gasteiger partial charge is 0.272 e. The van der Waals surface area contributed by atoms with E-state index in [1.54, 1.807) is 24.3 Å². The highest BCUT2D eigenvalue weighted by atomic mass is 19.1. The van der Waals surface area contributed by atoms with Gasteiger partial charge in [0.25, 0.3) is 5.91 Å². The minimum Gasteiger partial charge on any atom is -0.454 e. The average Bonchev–Trinajstić information content (AvgIpc) is 3.31. The number of rotatable bonds is 4. The summed E-state index contributed by atoms with van der Waals surface area (Å²) in [6.07, 6.45) is 4.13. The quantitative estimate of drug-likeness (QED) is 0.674. The van der Waals surface area contributed by atoms with Crippen LogP contribution in [0.5, 0.6) is 11.5 Å². The molecule has 2 aromatic carbocycles. The fourth-order valence-corrected chi connectivity index (χ4v) is 4.52. The molecule has 2 heterocycles. The first-order valence-corrected chi connectivity index (χ1v) is 10.3. The van der Waals surface area contributed by atoms with Crippen molar-refractivity contribution in [1.29, 1.82) is 0 Å². The Morgan fingerprint density at radius 3 is 2.80 bits per heavy atom. The van der Waals surface area contributed by atoms with Crippen molar-refractivity contribution >= 4 is 11.6 Å². The molecule has 1 aliphatic heterocycles. The van der Waals surface area contributed by atoms with Crippen molar-refractivity contribution in [2.75, 3.05) is 12.1 Å². The number of aromatic nitrogens is 1. The molecule has 5 rings (SSSR count). The lowest BCUT2D eigenvalue weighted by molar-refractivity contribution is 0.101. The molecule has 0 bridgehead atoms. The van der Waals surface area contributed by atoms with Crippen molar-refractivity contribution in [3.8, 4) is 11.5 Å². The normalized spacial score (nSPS) is 14.5. The lowest BCUT2D eigenvalue weighted by Gasteiger charge is -2.17. The molecule has 0 atom stereocenters. The van der Waals surface area contributed by atoms with Crippen LogP contribution in [0.2, 0.25) is 0 Å². The summed E-state index contributed by atoms with van der Waals surface area (Å²) < 4.78 is 26.6. The number of benzene rings is 2. The molecule has 3 aromatic rings. The van der Waals surface area contributed by atoms with E-state index in [2.05, 4.69) is 9.88 Å². The van der Waals surface area contributed by atoms with E-state index in [-0.39, 0.29) is 18.5 Å². The zero-order valence-corrected chi connectivity index (χ0v) is 16.8. The van der Waals surface area contributed by atoms with Gasteiger partial charge >= 0.3 is 0 Å². The Morgan fingerprint density at radius 2 is 1.93 bits per heavy atom. The topological polar surface area (TPSA) is 52.5 Å². The molecule has 6 heteroatoms. The van der Waals surface area contributed by atoms with Crippen molar-refractivity contribution < 1.29 is 18.7 Å². The number of nitrogens with one attached hydrogen (secondary N) is 1. The molecule has 1 aromatic heterocycles. The predicted octanol–water partition coefficient (Wildman–Crippen LogP) is 4.84. The van der Waals surface area contributed by atoms with Gasteiger partial charge in [0.05, 0.1) is 0 Å². The van der Waals surface area contributed by atoms with E-state index in [0.29, 0.717) is 29.4 Å². The van der Waals surface area contributed by atoms with Crippen LogP contribution in [0.3, 0.4) is 0 Å². The van der Waals surface area contributed by atoms with Crippen molar-refractivity contribution in [1.82, 2.24) is 4.57 Å². The number of hydrogen-bond donors (Lipinski definition) is 1. The first-order valence-electron chi connectivity index (χ1n) is 10.3. The summed E-state index contributed by atoms with van der Waals surface area (Å²) in [4.78, 5) is 13.4. The maximum Gasteiger partial charge on any atom is 0.272 e. The molecule has 1 aliphatic carbocycles. The molecule has 5 nitrogen and oxygen atoms in total. The van der Waals surface area contributed by atoms with Crippen LogP contribution in [0.15, 0.2) is 42.5 Å². The Morgan fingerprint density at radius 1 is 1.10 bits per heavy atom. The molecule has 0 unspecified atom stereocenters. The van der Waals surface area contributed by atoms with Crippen LogP contribution >= 0.6 is 0 Å². The standard InChI is InChI=1S/C24H23FN2O3/c1-15-19-7-2-3-8-20(19)27(13-16-5-4-6-17(25)11-16)23(15)24(28)26-18-9-10-21-22(12-18)30-14-29-21/h4-6,9-12H,2-3,7-8,13-14H2,1H3,(H,26,28). The van der Waals surface area contributed by atoms with Gasteiger partial charge in [-0.25, -0.2) is 4.39 Å². The Hall–Kier alpha value is -3.28. The van der Waals surface area contributed by atoms with Crippen LogP contribution in [0.1, 0.15) is 45.7 Å². The fraction of sp³-hybridized carbons (Fsp3) is 0.292. The van der Waals surface area contributed by atoms with E-state index in [1.807, 2.05) is 13.0 Å². The van der Waals surface area contributed by atoms with Crippen molar-refractivity contribution in [2.24, 2.45) is 0 Å². The number of nitrogens with zero attached hydrogens (tertiary/aromatic N) is 1. The highest BCUT2D eigenvalue weighted by Crippen LogP contribution is 2.35. The van der Waals surface area contributed by atoms with E-state index in [0.717, 1.165) is 36.8 Å². The van der Waals surface area contributed by atoms with Gasteiger partial charge in [-0.1, -0.05) is 12.1 Å². The molecule has 0 spiro atoms. The molecular formula is C24H23FN2O3. The Kier molecular flexibility index (Phi) is 4.69. The number of halogens is 1. The number of hydrogen-bond acceptors (Lipinski definition) is 3. The molecule has 0 saturated heterocycles. The fourth-order valence-electron chi connectivity index (χ4n) is 4.52. The highest BCUT2D eigenvalue weighted by molar-refractivity contribution is 6.05. The molecule has 1 N–H and O–H groups in total. The first kappa shape index (κ1) is 18.7. The Balaban J connectivity index is 1.51. The predicted molar refractivity (Wildman–Crippen MR) is 112 cm³/mol. The summed E-state index contributed by atoms with van der Waals surface area (Å²) >= 11 is 0. The maximum atomic E-state index is 13.8. The van der Waals surface area contributed by atoms with Gasteiger partial charge in [-0.2, -0.15) is 0 Å². The van der Waals surface area contributed by atoms with Crippen LogP contribution in [-0.4, -0.2) is 17.3 Å². The third kappa shape index (κ3) is 3.32. The maximum absolute atomic E-state index is 13.8. The minimum absolute atomic E-state index is 0.169.